The van der Waals surface area contributed by atoms with E-state index in [0.29, 0.717) is 5.92 Å². The van der Waals surface area contributed by atoms with Gasteiger partial charge in [0.25, 0.3) is 0 Å². The highest BCUT2D eigenvalue weighted by atomic mass is 16.5. The number of nitrogens with zero attached hydrogens (tertiary/aromatic N) is 2. The summed E-state index contributed by atoms with van der Waals surface area (Å²) in [6, 6.07) is 5.89. The molecule has 2 aromatic rings. The Balaban J connectivity index is 1.99. The summed E-state index contributed by atoms with van der Waals surface area (Å²) in [5.74, 6) is 2.00. The van der Waals surface area contributed by atoms with Gasteiger partial charge in [-0.15, -0.1) is 0 Å². The maximum atomic E-state index is 5.34. The van der Waals surface area contributed by atoms with Gasteiger partial charge < -0.3 is 19.4 Å². The van der Waals surface area contributed by atoms with Crippen molar-refractivity contribution in [1.29, 1.82) is 0 Å². The lowest BCUT2D eigenvalue weighted by atomic mass is 10.00. The first kappa shape index (κ1) is 12.0. The van der Waals surface area contributed by atoms with E-state index in [9.17, 15) is 0 Å². The SMILES string of the molecule is COc1ccc(-n2cncc2C2CNC2)cc1OC. The molecule has 100 valence electrons. The fourth-order valence-electron chi connectivity index (χ4n) is 2.30. The van der Waals surface area contributed by atoms with Gasteiger partial charge in [-0.05, 0) is 12.1 Å². The molecule has 5 heteroatoms. The number of methoxy groups -OCH3 is 2. The Bertz CT molecular complexity index is 576. The molecule has 1 aliphatic rings. The van der Waals surface area contributed by atoms with Crippen molar-refractivity contribution in [2.45, 2.75) is 5.92 Å². The maximum Gasteiger partial charge on any atom is 0.162 e. The minimum atomic E-state index is 0.538. The molecular weight excluding hydrogens is 242 g/mol. The van der Waals surface area contributed by atoms with Crippen LogP contribution in [0.4, 0.5) is 0 Å². The minimum Gasteiger partial charge on any atom is -0.493 e. The van der Waals surface area contributed by atoms with E-state index in [0.717, 1.165) is 30.3 Å². The molecule has 1 aromatic heterocycles. The predicted molar refractivity (Wildman–Crippen MR) is 72.3 cm³/mol. The van der Waals surface area contributed by atoms with E-state index in [2.05, 4.69) is 14.9 Å². The van der Waals surface area contributed by atoms with E-state index < -0.39 is 0 Å². The summed E-state index contributed by atoms with van der Waals surface area (Å²) in [5.41, 5.74) is 2.27. The monoisotopic (exact) mass is 259 g/mol. The van der Waals surface area contributed by atoms with Gasteiger partial charge in [0.2, 0.25) is 0 Å². The molecule has 2 heterocycles. The Morgan fingerprint density at radius 3 is 2.63 bits per heavy atom. The number of benzene rings is 1. The van der Waals surface area contributed by atoms with E-state index in [1.807, 2.05) is 30.7 Å². The predicted octanol–water partition coefficient (Wildman–Crippen LogP) is 1.58. The summed E-state index contributed by atoms with van der Waals surface area (Å²) in [6.07, 6.45) is 3.77. The molecule has 1 aliphatic heterocycles. The van der Waals surface area contributed by atoms with Crippen LogP contribution in [0.15, 0.2) is 30.7 Å². The summed E-state index contributed by atoms with van der Waals surface area (Å²) >= 11 is 0. The van der Waals surface area contributed by atoms with Crippen molar-refractivity contribution >= 4 is 0 Å². The van der Waals surface area contributed by atoms with Crippen molar-refractivity contribution in [2.24, 2.45) is 0 Å². The zero-order chi connectivity index (χ0) is 13.2. The third-order valence-electron chi connectivity index (χ3n) is 3.51. The number of ether oxygens (including phenoxy) is 2. The molecule has 0 radical (unpaired) electrons. The number of hydrogen-bond acceptors (Lipinski definition) is 4. The van der Waals surface area contributed by atoms with Gasteiger partial charge in [-0.3, -0.25) is 0 Å². The Morgan fingerprint density at radius 2 is 2.00 bits per heavy atom. The second kappa shape index (κ2) is 4.93. The molecule has 1 saturated heterocycles. The van der Waals surface area contributed by atoms with Crippen molar-refractivity contribution in [3.63, 3.8) is 0 Å². The third kappa shape index (κ3) is 2.06. The number of nitrogens with one attached hydrogen (secondary N) is 1. The van der Waals surface area contributed by atoms with E-state index >= 15 is 0 Å². The Hall–Kier alpha value is -2.01. The molecule has 0 saturated carbocycles. The van der Waals surface area contributed by atoms with Gasteiger partial charge in [0.1, 0.15) is 0 Å². The number of imidazole rings is 1. The molecule has 19 heavy (non-hydrogen) atoms. The second-order valence-electron chi connectivity index (χ2n) is 4.58. The van der Waals surface area contributed by atoms with Crippen LogP contribution in [0.25, 0.3) is 5.69 Å². The van der Waals surface area contributed by atoms with E-state index in [1.54, 1.807) is 14.2 Å². The molecule has 1 aromatic carbocycles. The fraction of sp³-hybridized carbons (Fsp3) is 0.357. The third-order valence-corrected chi connectivity index (χ3v) is 3.51. The zero-order valence-electron chi connectivity index (χ0n) is 11.1. The fourth-order valence-corrected chi connectivity index (χ4v) is 2.30. The van der Waals surface area contributed by atoms with Crippen LogP contribution in [-0.4, -0.2) is 36.9 Å². The van der Waals surface area contributed by atoms with Gasteiger partial charge in [0.05, 0.1) is 26.2 Å². The summed E-state index contributed by atoms with van der Waals surface area (Å²) in [6.45, 7) is 2.03. The second-order valence-corrected chi connectivity index (χ2v) is 4.58. The van der Waals surface area contributed by atoms with Crippen LogP contribution in [0, 0.1) is 0 Å². The Morgan fingerprint density at radius 1 is 1.21 bits per heavy atom. The van der Waals surface area contributed by atoms with E-state index in [4.69, 9.17) is 9.47 Å². The average Bonchev–Trinajstić information content (AvgIpc) is 2.85. The van der Waals surface area contributed by atoms with Crippen LogP contribution in [0.1, 0.15) is 11.6 Å². The molecule has 1 fully saturated rings. The largest absolute Gasteiger partial charge is 0.493 e. The van der Waals surface area contributed by atoms with Crippen molar-refractivity contribution in [3.05, 3.63) is 36.4 Å². The summed E-state index contributed by atoms with van der Waals surface area (Å²) < 4.78 is 12.7. The van der Waals surface area contributed by atoms with Gasteiger partial charge in [-0.25, -0.2) is 4.98 Å². The van der Waals surface area contributed by atoms with Gasteiger partial charge in [0.15, 0.2) is 11.5 Å². The van der Waals surface area contributed by atoms with Gasteiger partial charge in [-0.2, -0.15) is 0 Å². The van der Waals surface area contributed by atoms with E-state index in [1.165, 1.54) is 5.69 Å². The van der Waals surface area contributed by atoms with Crippen molar-refractivity contribution in [2.75, 3.05) is 27.3 Å². The highest BCUT2D eigenvalue weighted by Crippen LogP contribution is 2.31. The number of rotatable bonds is 4. The smallest absolute Gasteiger partial charge is 0.162 e. The average molecular weight is 259 g/mol. The van der Waals surface area contributed by atoms with Gasteiger partial charge >= 0.3 is 0 Å². The topological polar surface area (TPSA) is 48.3 Å². The Kier molecular flexibility index (Phi) is 3.13. The molecule has 0 unspecified atom stereocenters. The first-order valence-electron chi connectivity index (χ1n) is 6.29. The van der Waals surface area contributed by atoms with Gasteiger partial charge in [0, 0.05) is 37.0 Å². The summed E-state index contributed by atoms with van der Waals surface area (Å²) in [5, 5.41) is 3.28. The molecule has 1 N–H and O–H groups in total. The molecule has 0 amide bonds. The molecule has 5 nitrogen and oxygen atoms in total. The van der Waals surface area contributed by atoms with Crippen molar-refractivity contribution in [3.8, 4) is 17.2 Å². The molecule has 0 atom stereocenters. The molecule has 0 aliphatic carbocycles. The molecule has 0 spiro atoms. The standard InChI is InChI=1S/C14H17N3O2/c1-18-13-4-3-11(5-14(13)19-2)17-9-16-8-12(17)10-6-15-7-10/h3-5,8-10,15H,6-7H2,1-2H3. The number of hydrogen-bond donors (Lipinski definition) is 1. The summed E-state index contributed by atoms with van der Waals surface area (Å²) in [7, 11) is 3.28. The van der Waals surface area contributed by atoms with E-state index in [-0.39, 0.29) is 0 Å². The first-order chi connectivity index (χ1) is 9.33. The minimum absolute atomic E-state index is 0.538. The van der Waals surface area contributed by atoms with Crippen LogP contribution >= 0.6 is 0 Å². The van der Waals surface area contributed by atoms with Gasteiger partial charge in [-0.1, -0.05) is 0 Å². The van der Waals surface area contributed by atoms with Crippen molar-refractivity contribution < 1.29 is 9.47 Å². The van der Waals surface area contributed by atoms with Crippen LogP contribution in [-0.2, 0) is 0 Å². The van der Waals surface area contributed by atoms with Crippen LogP contribution in [0.2, 0.25) is 0 Å². The molecular formula is C14H17N3O2. The lowest BCUT2D eigenvalue weighted by Crippen LogP contribution is -2.40. The number of aromatic nitrogens is 2. The molecule has 0 bridgehead atoms. The quantitative estimate of drug-likeness (QED) is 0.905. The maximum absolute atomic E-state index is 5.34. The van der Waals surface area contributed by atoms with Crippen LogP contribution < -0.4 is 14.8 Å². The summed E-state index contributed by atoms with van der Waals surface area (Å²) in [4.78, 5) is 4.26. The Labute approximate surface area is 112 Å². The highest BCUT2D eigenvalue weighted by Gasteiger charge is 2.23. The lowest BCUT2D eigenvalue weighted by molar-refractivity contribution is 0.354. The highest BCUT2D eigenvalue weighted by molar-refractivity contribution is 5.49. The van der Waals surface area contributed by atoms with Crippen LogP contribution in [0.3, 0.4) is 0 Å². The first-order valence-corrected chi connectivity index (χ1v) is 6.29. The normalized spacial score (nSPS) is 15.1. The van der Waals surface area contributed by atoms with Crippen molar-refractivity contribution in [1.82, 2.24) is 14.9 Å². The molecule has 3 rings (SSSR count). The lowest BCUT2D eigenvalue weighted by Gasteiger charge is -2.28. The van der Waals surface area contributed by atoms with Crippen LogP contribution in [0.5, 0.6) is 11.5 Å². The zero-order valence-corrected chi connectivity index (χ0v) is 11.1.